The number of ether oxygens (including phenoxy) is 3. The van der Waals surface area contributed by atoms with Crippen molar-refractivity contribution in [2.75, 3.05) is 14.2 Å². The van der Waals surface area contributed by atoms with E-state index in [9.17, 15) is 9.59 Å². The Morgan fingerprint density at radius 2 is 1.70 bits per heavy atom. The van der Waals surface area contributed by atoms with E-state index >= 15 is 0 Å². The summed E-state index contributed by atoms with van der Waals surface area (Å²) in [7, 11) is 2.97. The fraction of sp³-hybridized carbons (Fsp3) is 0.300. The van der Waals surface area contributed by atoms with Crippen LogP contribution < -0.4 is 25.1 Å². The number of benzene rings is 2. The Hall–Kier alpha value is -3.22. The first-order valence-electron chi connectivity index (χ1n) is 8.42. The maximum atomic E-state index is 12.3. The molecular formula is C20H24N2O5. The van der Waals surface area contributed by atoms with Gasteiger partial charge < -0.3 is 14.2 Å². The van der Waals surface area contributed by atoms with Gasteiger partial charge in [0.1, 0.15) is 17.2 Å². The van der Waals surface area contributed by atoms with Crippen molar-refractivity contribution in [1.29, 1.82) is 0 Å². The van der Waals surface area contributed by atoms with Crippen molar-refractivity contribution < 1.29 is 23.8 Å². The van der Waals surface area contributed by atoms with Crippen LogP contribution in [0.4, 0.5) is 0 Å². The van der Waals surface area contributed by atoms with Crippen molar-refractivity contribution in [2.24, 2.45) is 0 Å². The maximum Gasteiger partial charge on any atom is 0.279 e. The van der Waals surface area contributed by atoms with Crippen molar-refractivity contribution in [2.45, 2.75) is 26.9 Å². The quantitative estimate of drug-likeness (QED) is 0.761. The number of methoxy groups -OCH3 is 2. The second-order valence-electron chi connectivity index (χ2n) is 5.97. The van der Waals surface area contributed by atoms with Gasteiger partial charge in [-0.1, -0.05) is 12.1 Å². The van der Waals surface area contributed by atoms with E-state index in [0.717, 1.165) is 11.1 Å². The summed E-state index contributed by atoms with van der Waals surface area (Å²) in [6.07, 6.45) is -0.788. The zero-order valence-corrected chi connectivity index (χ0v) is 16.1. The van der Waals surface area contributed by atoms with Crippen LogP contribution in [0.5, 0.6) is 17.2 Å². The minimum atomic E-state index is -0.788. The van der Waals surface area contributed by atoms with Crippen molar-refractivity contribution >= 4 is 11.8 Å². The van der Waals surface area contributed by atoms with Crippen LogP contribution in [0, 0.1) is 13.8 Å². The number of nitrogens with one attached hydrogen (secondary N) is 2. The monoisotopic (exact) mass is 372 g/mol. The van der Waals surface area contributed by atoms with Crippen molar-refractivity contribution in [3.8, 4) is 17.2 Å². The van der Waals surface area contributed by atoms with E-state index < -0.39 is 17.9 Å². The van der Waals surface area contributed by atoms with Crippen LogP contribution in [-0.2, 0) is 4.79 Å². The smallest absolute Gasteiger partial charge is 0.279 e. The highest BCUT2D eigenvalue weighted by Gasteiger charge is 2.18. The molecule has 7 heteroatoms. The van der Waals surface area contributed by atoms with Crippen LogP contribution in [0.3, 0.4) is 0 Å². The number of amides is 2. The molecule has 0 saturated carbocycles. The summed E-state index contributed by atoms with van der Waals surface area (Å²) in [6, 6.07) is 10.4. The van der Waals surface area contributed by atoms with Crippen LogP contribution in [0.25, 0.3) is 0 Å². The van der Waals surface area contributed by atoms with Crippen molar-refractivity contribution in [1.82, 2.24) is 10.9 Å². The molecule has 0 aliphatic rings. The standard InChI is InChI=1S/C20H24N2O5/c1-12-7-6-8-17(13(12)2)27-14(3)19(23)21-22-20(24)16-10-9-15(25-4)11-18(16)26-5/h6-11,14H,1-5H3,(H,21,23)(H,22,24)/t14-/m1/s1. The van der Waals surface area contributed by atoms with E-state index in [0.29, 0.717) is 17.2 Å². The van der Waals surface area contributed by atoms with Crippen LogP contribution >= 0.6 is 0 Å². The lowest BCUT2D eigenvalue weighted by Crippen LogP contribution is -2.47. The minimum Gasteiger partial charge on any atom is -0.497 e. The number of carbonyl (C=O) groups is 2. The Morgan fingerprint density at radius 1 is 0.963 bits per heavy atom. The molecule has 0 heterocycles. The molecule has 0 spiro atoms. The lowest BCUT2D eigenvalue weighted by molar-refractivity contribution is -0.128. The van der Waals surface area contributed by atoms with Gasteiger partial charge in [0.15, 0.2) is 6.10 Å². The molecule has 0 fully saturated rings. The predicted molar refractivity (Wildman–Crippen MR) is 101 cm³/mol. The molecule has 0 radical (unpaired) electrons. The summed E-state index contributed by atoms with van der Waals surface area (Å²) in [5.74, 6) is 0.531. The first-order valence-corrected chi connectivity index (χ1v) is 8.42. The van der Waals surface area contributed by atoms with E-state index in [-0.39, 0.29) is 5.56 Å². The molecular weight excluding hydrogens is 348 g/mol. The van der Waals surface area contributed by atoms with Gasteiger partial charge in [0.2, 0.25) is 0 Å². The van der Waals surface area contributed by atoms with Gasteiger partial charge in [-0.15, -0.1) is 0 Å². The summed E-state index contributed by atoms with van der Waals surface area (Å²) in [5.41, 5.74) is 7.03. The molecule has 0 saturated heterocycles. The van der Waals surface area contributed by atoms with Crippen LogP contribution in [0.1, 0.15) is 28.4 Å². The zero-order chi connectivity index (χ0) is 20.0. The third-order valence-corrected chi connectivity index (χ3v) is 4.18. The van der Waals surface area contributed by atoms with E-state index in [1.54, 1.807) is 31.2 Å². The molecule has 0 aliphatic heterocycles. The Balaban J connectivity index is 1.98. The summed E-state index contributed by atoms with van der Waals surface area (Å²) >= 11 is 0. The van der Waals surface area contributed by atoms with Crippen molar-refractivity contribution in [3.63, 3.8) is 0 Å². The Bertz CT molecular complexity index is 835. The summed E-state index contributed by atoms with van der Waals surface area (Å²) < 4.78 is 16.0. The molecule has 1 atom stereocenters. The van der Waals surface area contributed by atoms with E-state index in [4.69, 9.17) is 14.2 Å². The fourth-order valence-electron chi connectivity index (χ4n) is 2.37. The number of hydrogen-bond donors (Lipinski definition) is 2. The number of hydrazine groups is 1. The topological polar surface area (TPSA) is 85.9 Å². The molecule has 2 aromatic carbocycles. The molecule has 0 aromatic heterocycles. The van der Waals surface area contributed by atoms with Gasteiger partial charge in [0, 0.05) is 6.07 Å². The molecule has 2 rings (SSSR count). The second-order valence-corrected chi connectivity index (χ2v) is 5.97. The van der Waals surface area contributed by atoms with Gasteiger partial charge in [-0.2, -0.15) is 0 Å². The Morgan fingerprint density at radius 3 is 2.37 bits per heavy atom. The molecule has 7 nitrogen and oxygen atoms in total. The van der Waals surface area contributed by atoms with Gasteiger partial charge in [0.05, 0.1) is 19.8 Å². The Kier molecular flexibility index (Phi) is 6.65. The first-order chi connectivity index (χ1) is 12.9. The molecule has 27 heavy (non-hydrogen) atoms. The first kappa shape index (κ1) is 20.1. The molecule has 2 aromatic rings. The third-order valence-electron chi connectivity index (χ3n) is 4.18. The normalized spacial score (nSPS) is 11.3. The van der Waals surface area contributed by atoms with Crippen LogP contribution in [-0.4, -0.2) is 32.1 Å². The van der Waals surface area contributed by atoms with Crippen LogP contribution in [0.15, 0.2) is 36.4 Å². The highest BCUT2D eigenvalue weighted by atomic mass is 16.5. The average Bonchev–Trinajstić information content (AvgIpc) is 2.68. The molecule has 0 unspecified atom stereocenters. The second kappa shape index (κ2) is 8.93. The molecule has 144 valence electrons. The highest BCUT2D eigenvalue weighted by Crippen LogP contribution is 2.24. The summed E-state index contributed by atoms with van der Waals surface area (Å²) in [6.45, 7) is 5.50. The predicted octanol–water partition coefficient (Wildman–Crippen LogP) is 2.55. The van der Waals surface area contributed by atoms with Gasteiger partial charge in [-0.3, -0.25) is 20.4 Å². The SMILES string of the molecule is COc1ccc(C(=O)NNC(=O)[C@@H](C)Oc2cccc(C)c2C)c(OC)c1. The summed E-state index contributed by atoms with van der Waals surface area (Å²) in [4.78, 5) is 24.6. The molecule has 2 N–H and O–H groups in total. The van der Waals surface area contributed by atoms with Gasteiger partial charge in [-0.25, -0.2) is 0 Å². The van der Waals surface area contributed by atoms with Gasteiger partial charge in [-0.05, 0) is 50.1 Å². The molecule has 0 aliphatic carbocycles. The lowest BCUT2D eigenvalue weighted by Gasteiger charge is -2.17. The summed E-state index contributed by atoms with van der Waals surface area (Å²) in [5, 5.41) is 0. The number of carbonyl (C=O) groups excluding carboxylic acids is 2. The number of hydrogen-bond acceptors (Lipinski definition) is 5. The maximum absolute atomic E-state index is 12.3. The minimum absolute atomic E-state index is 0.265. The van der Waals surface area contributed by atoms with Gasteiger partial charge in [0.25, 0.3) is 11.8 Å². The van der Waals surface area contributed by atoms with Gasteiger partial charge >= 0.3 is 0 Å². The number of aryl methyl sites for hydroxylation is 1. The number of rotatable bonds is 6. The largest absolute Gasteiger partial charge is 0.497 e. The van der Waals surface area contributed by atoms with E-state index in [1.165, 1.54) is 14.2 Å². The lowest BCUT2D eigenvalue weighted by atomic mass is 10.1. The fourth-order valence-corrected chi connectivity index (χ4v) is 2.37. The van der Waals surface area contributed by atoms with E-state index in [1.807, 2.05) is 26.0 Å². The third kappa shape index (κ3) is 4.91. The highest BCUT2D eigenvalue weighted by molar-refractivity contribution is 5.98. The zero-order valence-electron chi connectivity index (χ0n) is 16.1. The van der Waals surface area contributed by atoms with E-state index in [2.05, 4.69) is 10.9 Å². The Labute approximate surface area is 158 Å². The molecule has 2 amide bonds. The van der Waals surface area contributed by atoms with Crippen molar-refractivity contribution in [3.05, 3.63) is 53.1 Å². The van der Waals surface area contributed by atoms with Crippen LogP contribution in [0.2, 0.25) is 0 Å². The molecule has 0 bridgehead atoms. The average molecular weight is 372 g/mol.